The van der Waals surface area contributed by atoms with Crippen molar-refractivity contribution in [3.8, 4) is 0 Å². The minimum absolute atomic E-state index is 0.115. The molecule has 0 amide bonds. The molecular weight excluding hydrogens is 306 g/mol. The third kappa shape index (κ3) is 2.88. The van der Waals surface area contributed by atoms with Gasteiger partial charge in [-0.25, -0.2) is 0 Å². The minimum atomic E-state index is -0.516. The van der Waals surface area contributed by atoms with E-state index in [1.54, 1.807) is 0 Å². The molecular formula is C10H12BrN3O4. The van der Waals surface area contributed by atoms with Gasteiger partial charge in [-0.15, -0.1) is 0 Å². The number of aromatic nitrogens is 1. The molecule has 0 aromatic carbocycles. The molecule has 1 N–H and O–H groups in total. The standard InChI is InChI=1S/C10H12BrN3O4/c11-10-3-9(14(16)17)8(5-13(10)15)12-4-7-1-2-18-6-7/h3,5,7,12H,1-2,4,6H2/t7-/m1/s1. The predicted molar refractivity (Wildman–Crippen MR) is 67.2 cm³/mol. The smallest absolute Gasteiger partial charge is 0.305 e. The molecule has 1 aliphatic heterocycles. The zero-order valence-corrected chi connectivity index (χ0v) is 11.1. The summed E-state index contributed by atoms with van der Waals surface area (Å²) in [6.45, 7) is 1.92. The Morgan fingerprint density at radius 3 is 3.06 bits per heavy atom. The molecule has 0 aliphatic carbocycles. The zero-order valence-electron chi connectivity index (χ0n) is 9.47. The van der Waals surface area contributed by atoms with Crippen LogP contribution in [0.15, 0.2) is 16.9 Å². The number of pyridine rings is 1. The molecule has 0 saturated carbocycles. The molecule has 1 saturated heterocycles. The molecule has 2 rings (SSSR count). The average Bonchev–Trinajstić information content (AvgIpc) is 2.83. The maximum atomic E-state index is 11.4. The Kier molecular flexibility index (Phi) is 3.97. The van der Waals surface area contributed by atoms with Crippen LogP contribution in [0.5, 0.6) is 0 Å². The van der Waals surface area contributed by atoms with E-state index in [1.807, 2.05) is 0 Å². The first kappa shape index (κ1) is 13.0. The van der Waals surface area contributed by atoms with Gasteiger partial charge in [-0.2, -0.15) is 4.73 Å². The molecule has 18 heavy (non-hydrogen) atoms. The number of nitrogens with one attached hydrogen (secondary N) is 1. The summed E-state index contributed by atoms with van der Waals surface area (Å²) in [5.41, 5.74) is 0.109. The largest absolute Gasteiger partial charge is 0.618 e. The van der Waals surface area contributed by atoms with Crippen molar-refractivity contribution < 1.29 is 14.4 Å². The molecule has 2 heterocycles. The Morgan fingerprint density at radius 1 is 1.67 bits per heavy atom. The Balaban J connectivity index is 2.14. The van der Waals surface area contributed by atoms with Gasteiger partial charge >= 0.3 is 5.69 Å². The second kappa shape index (κ2) is 5.49. The second-order valence-corrected chi connectivity index (χ2v) is 4.90. The van der Waals surface area contributed by atoms with E-state index in [9.17, 15) is 15.3 Å². The fraction of sp³-hybridized carbons (Fsp3) is 0.500. The van der Waals surface area contributed by atoms with Crippen LogP contribution >= 0.6 is 15.9 Å². The highest BCUT2D eigenvalue weighted by atomic mass is 79.9. The van der Waals surface area contributed by atoms with Gasteiger partial charge in [0.05, 0.1) is 17.6 Å². The number of hydrogen-bond acceptors (Lipinski definition) is 5. The summed E-state index contributed by atoms with van der Waals surface area (Å²) in [6.07, 6.45) is 2.09. The van der Waals surface area contributed by atoms with Crippen LogP contribution in [-0.2, 0) is 4.74 Å². The SMILES string of the molecule is O=[N+]([O-])c1cc(Br)[n+]([O-])cc1NC[C@H]1CCOC1. The van der Waals surface area contributed by atoms with Crippen molar-refractivity contribution in [3.05, 3.63) is 32.2 Å². The van der Waals surface area contributed by atoms with E-state index in [-0.39, 0.29) is 16.0 Å². The first-order valence-electron chi connectivity index (χ1n) is 5.46. The van der Waals surface area contributed by atoms with E-state index in [4.69, 9.17) is 4.74 Å². The Labute approximate surface area is 112 Å². The van der Waals surface area contributed by atoms with Gasteiger partial charge in [0.25, 0.3) is 4.60 Å². The van der Waals surface area contributed by atoms with E-state index < -0.39 is 4.92 Å². The van der Waals surface area contributed by atoms with Gasteiger partial charge in [0.1, 0.15) is 0 Å². The molecule has 1 aromatic heterocycles. The normalized spacial score (nSPS) is 18.8. The average molecular weight is 318 g/mol. The molecule has 0 unspecified atom stereocenters. The Bertz CT molecular complexity index is 463. The molecule has 1 atom stereocenters. The first-order chi connectivity index (χ1) is 8.58. The van der Waals surface area contributed by atoms with Crippen molar-refractivity contribution in [3.63, 3.8) is 0 Å². The fourth-order valence-electron chi connectivity index (χ4n) is 1.79. The number of halogens is 1. The number of nitrogens with zero attached hydrogens (tertiary/aromatic N) is 2. The molecule has 0 bridgehead atoms. The van der Waals surface area contributed by atoms with Gasteiger partial charge in [-0.3, -0.25) is 10.1 Å². The van der Waals surface area contributed by atoms with Crippen molar-refractivity contribution in [2.75, 3.05) is 25.1 Å². The number of rotatable bonds is 4. The van der Waals surface area contributed by atoms with Gasteiger partial charge in [0.15, 0.2) is 5.69 Å². The van der Waals surface area contributed by atoms with Crippen molar-refractivity contribution in [1.29, 1.82) is 0 Å². The highest BCUT2D eigenvalue weighted by molar-refractivity contribution is 9.10. The summed E-state index contributed by atoms with van der Waals surface area (Å²) >= 11 is 2.96. The van der Waals surface area contributed by atoms with E-state index in [0.717, 1.165) is 19.2 Å². The van der Waals surface area contributed by atoms with Crippen LogP contribution in [0.2, 0.25) is 0 Å². The molecule has 98 valence electrons. The fourth-order valence-corrected chi connectivity index (χ4v) is 2.10. The second-order valence-electron chi connectivity index (χ2n) is 4.09. The van der Waals surface area contributed by atoms with Crippen LogP contribution in [-0.4, -0.2) is 24.7 Å². The minimum Gasteiger partial charge on any atom is -0.618 e. The van der Waals surface area contributed by atoms with Crippen LogP contribution in [0.3, 0.4) is 0 Å². The first-order valence-corrected chi connectivity index (χ1v) is 6.26. The Hall–Kier alpha value is -1.41. The Morgan fingerprint density at radius 2 is 2.44 bits per heavy atom. The summed E-state index contributed by atoms with van der Waals surface area (Å²) in [5, 5.41) is 25.2. The van der Waals surface area contributed by atoms with E-state index in [0.29, 0.717) is 23.8 Å². The maximum absolute atomic E-state index is 11.4. The van der Waals surface area contributed by atoms with E-state index >= 15 is 0 Å². The van der Waals surface area contributed by atoms with E-state index in [1.165, 1.54) is 6.07 Å². The van der Waals surface area contributed by atoms with Crippen LogP contribution in [0.1, 0.15) is 6.42 Å². The van der Waals surface area contributed by atoms with Crippen LogP contribution < -0.4 is 10.0 Å². The summed E-state index contributed by atoms with van der Waals surface area (Å²) in [4.78, 5) is 10.4. The van der Waals surface area contributed by atoms with Crippen LogP contribution in [0.25, 0.3) is 0 Å². The molecule has 1 aliphatic rings. The molecule has 1 aromatic rings. The summed E-state index contributed by atoms with van der Waals surface area (Å²) in [5.74, 6) is 0.327. The number of ether oxygens (including phenoxy) is 1. The van der Waals surface area contributed by atoms with Crippen molar-refractivity contribution in [2.24, 2.45) is 5.92 Å². The molecule has 0 spiro atoms. The monoisotopic (exact) mass is 317 g/mol. The number of hydrogen-bond donors (Lipinski definition) is 1. The lowest BCUT2D eigenvalue weighted by atomic mass is 10.1. The van der Waals surface area contributed by atoms with Gasteiger partial charge in [-0.1, -0.05) is 0 Å². The number of nitro groups is 1. The van der Waals surface area contributed by atoms with Gasteiger partial charge < -0.3 is 15.3 Å². The quantitative estimate of drug-likeness (QED) is 0.298. The summed E-state index contributed by atoms with van der Waals surface area (Å²) in [7, 11) is 0. The maximum Gasteiger partial charge on any atom is 0.305 e. The molecule has 7 nitrogen and oxygen atoms in total. The van der Waals surface area contributed by atoms with E-state index in [2.05, 4.69) is 21.2 Å². The van der Waals surface area contributed by atoms with Crippen LogP contribution in [0.4, 0.5) is 11.4 Å². The third-order valence-electron chi connectivity index (χ3n) is 2.79. The molecule has 8 heteroatoms. The zero-order chi connectivity index (χ0) is 13.1. The van der Waals surface area contributed by atoms with Crippen molar-refractivity contribution in [2.45, 2.75) is 6.42 Å². The lowest BCUT2D eigenvalue weighted by Gasteiger charge is -2.10. The van der Waals surface area contributed by atoms with Gasteiger partial charge in [0, 0.05) is 35.0 Å². The third-order valence-corrected chi connectivity index (χ3v) is 3.37. The lowest BCUT2D eigenvalue weighted by molar-refractivity contribution is -0.617. The predicted octanol–water partition coefficient (Wildman–Crippen LogP) is 1.44. The van der Waals surface area contributed by atoms with Crippen LogP contribution in [0, 0.1) is 21.2 Å². The number of anilines is 1. The summed E-state index contributed by atoms with van der Waals surface area (Å²) in [6, 6.07) is 1.19. The van der Waals surface area contributed by atoms with Gasteiger partial charge in [-0.05, 0) is 6.42 Å². The topological polar surface area (TPSA) is 91.3 Å². The summed E-state index contributed by atoms with van der Waals surface area (Å²) < 4.78 is 5.87. The van der Waals surface area contributed by atoms with Crippen molar-refractivity contribution in [1.82, 2.24) is 0 Å². The van der Waals surface area contributed by atoms with Gasteiger partial charge in [0.2, 0.25) is 6.20 Å². The highest BCUT2D eigenvalue weighted by Crippen LogP contribution is 2.25. The highest BCUT2D eigenvalue weighted by Gasteiger charge is 2.22. The molecule has 0 radical (unpaired) electrons. The lowest BCUT2D eigenvalue weighted by Crippen LogP contribution is -2.29. The van der Waals surface area contributed by atoms with Crippen molar-refractivity contribution >= 4 is 27.3 Å². The molecule has 1 fully saturated rings.